The lowest BCUT2D eigenvalue weighted by Gasteiger charge is -2.27. The molecule has 0 radical (unpaired) electrons. The molecule has 4 nitrogen and oxygen atoms in total. The monoisotopic (exact) mass is 248 g/mol. The Kier molecular flexibility index (Phi) is 5.21. The molecule has 0 saturated heterocycles. The van der Waals surface area contributed by atoms with E-state index in [-0.39, 0.29) is 11.3 Å². The predicted molar refractivity (Wildman–Crippen MR) is 66.9 cm³/mol. The van der Waals surface area contributed by atoms with Crippen LogP contribution in [0.15, 0.2) is 0 Å². The van der Waals surface area contributed by atoms with Crippen LogP contribution >= 0.6 is 0 Å². The van der Waals surface area contributed by atoms with Crippen LogP contribution in [-0.2, 0) is 10.0 Å². The van der Waals surface area contributed by atoms with Gasteiger partial charge in [-0.1, -0.05) is 6.92 Å². The Morgan fingerprint density at radius 3 is 2.31 bits per heavy atom. The summed E-state index contributed by atoms with van der Waals surface area (Å²) in [7, 11) is -1.38. The summed E-state index contributed by atoms with van der Waals surface area (Å²) >= 11 is 0. The number of hydrogen-bond acceptors (Lipinski definition) is 3. The highest BCUT2D eigenvalue weighted by Gasteiger charge is 2.26. The lowest BCUT2D eigenvalue weighted by atomic mass is 9.88. The maximum Gasteiger partial charge on any atom is 0.215 e. The van der Waals surface area contributed by atoms with Gasteiger partial charge in [0.25, 0.3) is 0 Å². The topological polar surface area (TPSA) is 58.2 Å². The Hall–Kier alpha value is -0.130. The minimum Gasteiger partial charge on any atom is -0.318 e. The second-order valence-corrected chi connectivity index (χ2v) is 7.12. The van der Waals surface area contributed by atoms with Crippen LogP contribution < -0.4 is 10.0 Å². The molecule has 1 saturated carbocycles. The van der Waals surface area contributed by atoms with Gasteiger partial charge in [0.15, 0.2) is 0 Å². The standard InChI is InChI=1S/C11H24N2O2S/c1-9-4-6-11(7-5-9)13-16(14,15)10(2)8-12-3/h9-13H,4-8H2,1-3H3. The Labute approximate surface area is 99.2 Å². The van der Waals surface area contributed by atoms with Crippen molar-refractivity contribution >= 4 is 10.0 Å². The fraction of sp³-hybridized carbons (Fsp3) is 1.00. The summed E-state index contributed by atoms with van der Waals surface area (Å²) in [4.78, 5) is 0. The minimum absolute atomic E-state index is 0.153. The molecule has 0 bridgehead atoms. The molecule has 1 aliphatic carbocycles. The Morgan fingerprint density at radius 1 is 1.25 bits per heavy atom. The van der Waals surface area contributed by atoms with Gasteiger partial charge in [-0.3, -0.25) is 0 Å². The zero-order valence-electron chi connectivity index (χ0n) is 10.5. The van der Waals surface area contributed by atoms with Crippen LogP contribution in [-0.4, -0.2) is 33.3 Å². The lowest BCUT2D eigenvalue weighted by Crippen LogP contribution is -2.44. The summed E-state index contributed by atoms with van der Waals surface area (Å²) in [6.07, 6.45) is 4.22. The first kappa shape index (κ1) is 13.9. The Bertz CT molecular complexity index is 295. The smallest absolute Gasteiger partial charge is 0.215 e. The van der Waals surface area contributed by atoms with E-state index in [4.69, 9.17) is 0 Å². The molecule has 1 rings (SSSR count). The maximum absolute atomic E-state index is 11.9. The van der Waals surface area contributed by atoms with Crippen LogP contribution in [0.3, 0.4) is 0 Å². The second kappa shape index (κ2) is 5.98. The van der Waals surface area contributed by atoms with Crippen molar-refractivity contribution in [3.8, 4) is 0 Å². The normalized spacial score (nSPS) is 28.9. The van der Waals surface area contributed by atoms with E-state index in [1.54, 1.807) is 14.0 Å². The van der Waals surface area contributed by atoms with Gasteiger partial charge >= 0.3 is 0 Å². The molecule has 0 amide bonds. The molecule has 0 heterocycles. The zero-order valence-corrected chi connectivity index (χ0v) is 11.3. The van der Waals surface area contributed by atoms with Crippen molar-refractivity contribution in [3.63, 3.8) is 0 Å². The lowest BCUT2D eigenvalue weighted by molar-refractivity contribution is 0.331. The zero-order chi connectivity index (χ0) is 12.2. The van der Waals surface area contributed by atoms with Crippen LogP contribution in [0.2, 0.25) is 0 Å². The second-order valence-electron chi connectivity index (χ2n) is 4.99. The molecule has 1 unspecified atom stereocenters. The molecular formula is C11H24N2O2S. The van der Waals surface area contributed by atoms with E-state index < -0.39 is 10.0 Å². The predicted octanol–water partition coefficient (Wildman–Crippen LogP) is 1.09. The van der Waals surface area contributed by atoms with E-state index in [1.165, 1.54) is 0 Å². The van der Waals surface area contributed by atoms with Crippen molar-refractivity contribution in [2.75, 3.05) is 13.6 Å². The van der Waals surface area contributed by atoms with E-state index in [0.29, 0.717) is 6.54 Å². The third kappa shape index (κ3) is 4.03. The molecule has 5 heteroatoms. The van der Waals surface area contributed by atoms with E-state index in [1.807, 2.05) is 0 Å². The van der Waals surface area contributed by atoms with Crippen LogP contribution in [0.4, 0.5) is 0 Å². The average Bonchev–Trinajstić information content (AvgIpc) is 2.21. The van der Waals surface area contributed by atoms with Gasteiger partial charge in [0.05, 0.1) is 5.25 Å². The summed E-state index contributed by atoms with van der Waals surface area (Å²) in [5.74, 6) is 0.746. The molecule has 1 aliphatic rings. The number of hydrogen-bond donors (Lipinski definition) is 2. The van der Waals surface area contributed by atoms with Crippen molar-refractivity contribution in [2.45, 2.75) is 50.8 Å². The highest BCUT2D eigenvalue weighted by molar-refractivity contribution is 7.90. The van der Waals surface area contributed by atoms with Crippen molar-refractivity contribution < 1.29 is 8.42 Å². The van der Waals surface area contributed by atoms with Crippen LogP contribution in [0, 0.1) is 5.92 Å². The maximum atomic E-state index is 11.9. The molecule has 0 aromatic carbocycles. The van der Waals surface area contributed by atoms with Gasteiger partial charge in [-0.15, -0.1) is 0 Å². The summed E-state index contributed by atoms with van der Waals surface area (Å²) in [6.45, 7) is 4.47. The first-order chi connectivity index (χ1) is 7.45. The van der Waals surface area contributed by atoms with Crippen molar-refractivity contribution in [1.29, 1.82) is 0 Å². The molecular weight excluding hydrogens is 224 g/mol. The van der Waals surface area contributed by atoms with Crippen molar-refractivity contribution in [3.05, 3.63) is 0 Å². The van der Waals surface area contributed by atoms with Gasteiger partial charge in [-0.25, -0.2) is 13.1 Å². The van der Waals surface area contributed by atoms with E-state index in [2.05, 4.69) is 17.0 Å². The average molecular weight is 248 g/mol. The largest absolute Gasteiger partial charge is 0.318 e. The van der Waals surface area contributed by atoms with E-state index in [9.17, 15) is 8.42 Å². The highest BCUT2D eigenvalue weighted by Crippen LogP contribution is 2.24. The molecule has 0 spiro atoms. The summed E-state index contributed by atoms with van der Waals surface area (Å²) in [5, 5.41) is 2.53. The fourth-order valence-corrected chi connectivity index (χ4v) is 3.44. The molecule has 96 valence electrons. The van der Waals surface area contributed by atoms with E-state index in [0.717, 1.165) is 31.6 Å². The van der Waals surface area contributed by atoms with Gasteiger partial charge in [-0.2, -0.15) is 0 Å². The molecule has 2 N–H and O–H groups in total. The number of sulfonamides is 1. The quantitative estimate of drug-likeness (QED) is 0.766. The van der Waals surface area contributed by atoms with Gasteiger partial charge in [0, 0.05) is 12.6 Å². The van der Waals surface area contributed by atoms with Crippen LogP contribution in [0.1, 0.15) is 39.5 Å². The van der Waals surface area contributed by atoms with Crippen molar-refractivity contribution in [2.24, 2.45) is 5.92 Å². The molecule has 0 aromatic rings. The SMILES string of the molecule is CNCC(C)S(=O)(=O)NC1CCC(C)CC1. The summed E-state index contributed by atoms with van der Waals surface area (Å²) in [6, 6.07) is 0.153. The van der Waals surface area contributed by atoms with Gasteiger partial charge in [0.1, 0.15) is 0 Å². The number of nitrogens with one attached hydrogen (secondary N) is 2. The van der Waals surface area contributed by atoms with Gasteiger partial charge < -0.3 is 5.32 Å². The number of rotatable bonds is 5. The van der Waals surface area contributed by atoms with Crippen molar-refractivity contribution in [1.82, 2.24) is 10.0 Å². The molecule has 1 fully saturated rings. The molecule has 0 aromatic heterocycles. The first-order valence-electron chi connectivity index (χ1n) is 6.11. The van der Waals surface area contributed by atoms with Crippen LogP contribution in [0.5, 0.6) is 0 Å². The Morgan fingerprint density at radius 2 is 1.81 bits per heavy atom. The third-order valence-electron chi connectivity index (χ3n) is 3.37. The first-order valence-corrected chi connectivity index (χ1v) is 7.66. The molecule has 1 atom stereocenters. The third-order valence-corrected chi connectivity index (χ3v) is 5.26. The Balaban J connectivity index is 2.46. The minimum atomic E-state index is -3.15. The van der Waals surface area contributed by atoms with E-state index >= 15 is 0 Å². The summed E-state index contributed by atoms with van der Waals surface area (Å²) < 4.78 is 26.7. The van der Waals surface area contributed by atoms with Crippen LogP contribution in [0.25, 0.3) is 0 Å². The highest BCUT2D eigenvalue weighted by atomic mass is 32.2. The van der Waals surface area contributed by atoms with Gasteiger partial charge in [-0.05, 0) is 45.6 Å². The molecule has 0 aliphatic heterocycles. The summed E-state index contributed by atoms with van der Waals surface area (Å²) in [5.41, 5.74) is 0. The molecule has 16 heavy (non-hydrogen) atoms. The fourth-order valence-electron chi connectivity index (χ4n) is 2.12. The van der Waals surface area contributed by atoms with Gasteiger partial charge in [0.2, 0.25) is 10.0 Å².